The minimum absolute atomic E-state index is 0.143. The van der Waals surface area contributed by atoms with Gasteiger partial charge in [-0.05, 0) is 32.7 Å². The summed E-state index contributed by atoms with van der Waals surface area (Å²) in [5.41, 5.74) is 11.5. The number of likely N-dealkylation sites (N-methyl/N-ethyl adjacent to an activating group) is 1. The fraction of sp³-hybridized carbons (Fsp3) is 0.750. The van der Waals surface area contributed by atoms with Gasteiger partial charge in [0.15, 0.2) is 23.8 Å². The third-order valence-corrected chi connectivity index (χ3v) is 4.91. The number of unbranched alkanes of at least 4 members (excludes halogenated alkanes) is 1. The maximum Gasteiger partial charge on any atom is 0.252 e. The van der Waals surface area contributed by atoms with Crippen LogP contribution in [0.25, 0.3) is 0 Å². The highest BCUT2D eigenvalue weighted by atomic mass is 16.6. The summed E-state index contributed by atoms with van der Waals surface area (Å²) in [6, 6.07) is 0. The van der Waals surface area contributed by atoms with E-state index in [0.29, 0.717) is 31.1 Å². The fourth-order valence-corrected chi connectivity index (χ4v) is 3.47. The van der Waals surface area contributed by atoms with E-state index >= 15 is 0 Å². The summed E-state index contributed by atoms with van der Waals surface area (Å²) in [5, 5.41) is 23.2. The van der Waals surface area contributed by atoms with E-state index < -0.39 is 36.1 Å². The molecule has 0 saturated carbocycles. The molecule has 0 aliphatic carbocycles. The largest absolute Gasteiger partial charge is 0.387 e. The number of nitrogens with one attached hydrogen (secondary N) is 1. The van der Waals surface area contributed by atoms with Crippen molar-refractivity contribution in [2.45, 2.75) is 56.4 Å². The van der Waals surface area contributed by atoms with Crippen LogP contribution in [0.15, 0.2) is 15.0 Å². The number of carbonyl (C=O) groups is 1. The van der Waals surface area contributed by atoms with Gasteiger partial charge in [-0.2, -0.15) is 0 Å². The molecule has 0 radical (unpaired) electrons. The molecule has 0 bridgehead atoms. The number of amides is 1. The topological polar surface area (TPSA) is 171 Å². The number of aliphatic hydroxyl groups excluding tert-OH is 2. The molecule has 0 aromatic carbocycles. The molecular weight excluding hydrogens is 354 g/mol. The molecule has 3 heterocycles. The van der Waals surface area contributed by atoms with Gasteiger partial charge >= 0.3 is 0 Å². The highest BCUT2D eigenvalue weighted by Crippen LogP contribution is 2.30. The quantitative estimate of drug-likeness (QED) is 0.303. The number of hydrogen-bond donors (Lipinski definition) is 5. The lowest BCUT2D eigenvalue weighted by Gasteiger charge is -2.32. The average Bonchev–Trinajstić information content (AvgIpc) is 3.19. The van der Waals surface area contributed by atoms with Crippen molar-refractivity contribution in [2.24, 2.45) is 26.4 Å². The SMILES string of the molecule is CCNC(=O)[C@H]1O[C@@H](N2CN=C3C2=NC=NC3(N)CCCCN)[C@H](O)[C@@H]1O. The number of nitrogens with zero attached hydrogens (tertiary/aromatic N) is 4. The zero-order chi connectivity index (χ0) is 19.6. The third kappa shape index (κ3) is 3.60. The second-order valence-electron chi connectivity index (χ2n) is 6.81. The molecule has 3 aliphatic heterocycles. The first-order valence-corrected chi connectivity index (χ1v) is 9.14. The summed E-state index contributed by atoms with van der Waals surface area (Å²) < 4.78 is 5.66. The Hall–Kier alpha value is -1.92. The maximum atomic E-state index is 12.1. The zero-order valence-electron chi connectivity index (χ0n) is 15.3. The zero-order valence-corrected chi connectivity index (χ0v) is 15.3. The minimum Gasteiger partial charge on any atom is -0.387 e. The Balaban J connectivity index is 1.74. The van der Waals surface area contributed by atoms with Gasteiger partial charge in [-0.1, -0.05) is 0 Å². The summed E-state index contributed by atoms with van der Waals surface area (Å²) in [6.45, 7) is 2.87. The summed E-state index contributed by atoms with van der Waals surface area (Å²) in [7, 11) is 0. The van der Waals surface area contributed by atoms with Gasteiger partial charge in [0.1, 0.15) is 30.9 Å². The molecule has 1 amide bonds. The van der Waals surface area contributed by atoms with Crippen molar-refractivity contribution in [3.8, 4) is 0 Å². The van der Waals surface area contributed by atoms with Crippen LogP contribution in [0.2, 0.25) is 0 Å². The van der Waals surface area contributed by atoms with Gasteiger partial charge in [0.05, 0.1) is 0 Å². The van der Waals surface area contributed by atoms with E-state index in [9.17, 15) is 15.0 Å². The molecule has 1 fully saturated rings. The molecule has 150 valence electrons. The highest BCUT2D eigenvalue weighted by Gasteiger charge is 2.52. The van der Waals surface area contributed by atoms with E-state index in [1.165, 1.54) is 6.34 Å². The van der Waals surface area contributed by atoms with Gasteiger partial charge in [0.2, 0.25) is 0 Å². The van der Waals surface area contributed by atoms with Crippen molar-refractivity contribution in [3.05, 3.63) is 0 Å². The van der Waals surface area contributed by atoms with E-state index in [0.717, 1.165) is 12.8 Å². The molecule has 27 heavy (non-hydrogen) atoms. The smallest absolute Gasteiger partial charge is 0.252 e. The van der Waals surface area contributed by atoms with E-state index in [1.807, 2.05) is 0 Å². The average molecular weight is 381 g/mol. The molecule has 1 saturated heterocycles. The van der Waals surface area contributed by atoms with Gasteiger partial charge < -0.3 is 36.6 Å². The molecule has 3 rings (SSSR count). The van der Waals surface area contributed by atoms with Gasteiger partial charge in [-0.15, -0.1) is 0 Å². The Morgan fingerprint density at radius 1 is 1.44 bits per heavy atom. The number of aliphatic hydroxyl groups is 2. The predicted molar refractivity (Wildman–Crippen MR) is 99.3 cm³/mol. The molecule has 0 spiro atoms. The maximum absolute atomic E-state index is 12.1. The lowest BCUT2D eigenvalue weighted by molar-refractivity contribution is -0.138. The van der Waals surface area contributed by atoms with Crippen LogP contribution in [0.1, 0.15) is 26.2 Å². The minimum atomic E-state index is -1.35. The predicted octanol–water partition coefficient (Wildman–Crippen LogP) is -2.49. The summed E-state index contributed by atoms with van der Waals surface area (Å²) >= 11 is 0. The van der Waals surface area contributed by atoms with Crippen LogP contribution in [-0.4, -0.2) is 88.9 Å². The van der Waals surface area contributed by atoms with Crippen LogP contribution >= 0.6 is 0 Å². The van der Waals surface area contributed by atoms with Crippen LogP contribution in [0.5, 0.6) is 0 Å². The summed E-state index contributed by atoms with van der Waals surface area (Å²) in [4.78, 5) is 26.6. The van der Waals surface area contributed by atoms with E-state index in [-0.39, 0.29) is 6.67 Å². The van der Waals surface area contributed by atoms with Gasteiger partial charge in [0.25, 0.3) is 5.91 Å². The molecular formula is C16H27N7O4. The number of ether oxygens (including phenoxy) is 1. The summed E-state index contributed by atoms with van der Waals surface area (Å²) in [5.74, 6) is -0.0398. The number of hydrogen-bond acceptors (Lipinski definition) is 10. The van der Waals surface area contributed by atoms with Crippen LogP contribution < -0.4 is 16.8 Å². The first-order valence-electron chi connectivity index (χ1n) is 9.14. The van der Waals surface area contributed by atoms with Crippen molar-refractivity contribution >= 4 is 23.8 Å². The van der Waals surface area contributed by atoms with E-state index in [4.69, 9.17) is 16.2 Å². The highest BCUT2D eigenvalue weighted by molar-refractivity contribution is 6.47. The monoisotopic (exact) mass is 381 g/mol. The number of nitrogens with two attached hydrogens (primary N) is 2. The number of rotatable bonds is 7. The molecule has 7 N–H and O–H groups in total. The van der Waals surface area contributed by atoms with Crippen molar-refractivity contribution in [1.29, 1.82) is 0 Å². The molecule has 11 nitrogen and oxygen atoms in total. The molecule has 1 unspecified atom stereocenters. The molecule has 3 aliphatic rings. The van der Waals surface area contributed by atoms with Crippen molar-refractivity contribution < 1.29 is 19.7 Å². The number of carbonyl (C=O) groups excluding carboxylic acids is 1. The second kappa shape index (κ2) is 7.98. The van der Waals surface area contributed by atoms with Crippen LogP contribution in [0.4, 0.5) is 0 Å². The Bertz CT molecular complexity index is 667. The standard InChI is InChI=1S/C16H27N7O4/c1-2-19-14(26)11-9(24)10(25)15(27-11)23-8-21-12-13(23)20-7-22-16(12,18)5-3-4-6-17/h7,9-11,15,24-25H,2-6,8,17-18H2,1H3,(H,19,26)/t9-,10+,11-,15+,16?/m0/s1. The van der Waals surface area contributed by atoms with Crippen molar-refractivity contribution in [3.63, 3.8) is 0 Å². The summed E-state index contributed by atoms with van der Waals surface area (Å²) in [6.07, 6.45) is -1.24. The van der Waals surface area contributed by atoms with Crippen LogP contribution in [-0.2, 0) is 9.53 Å². The third-order valence-electron chi connectivity index (χ3n) is 4.91. The first kappa shape index (κ1) is 19.8. The Morgan fingerprint density at radius 3 is 2.93 bits per heavy atom. The van der Waals surface area contributed by atoms with Crippen molar-refractivity contribution in [1.82, 2.24) is 10.2 Å². The Morgan fingerprint density at radius 2 is 2.22 bits per heavy atom. The van der Waals surface area contributed by atoms with Gasteiger partial charge in [0, 0.05) is 6.54 Å². The second-order valence-corrected chi connectivity index (χ2v) is 6.81. The van der Waals surface area contributed by atoms with Crippen LogP contribution in [0, 0.1) is 0 Å². The van der Waals surface area contributed by atoms with Crippen LogP contribution in [0.3, 0.4) is 0 Å². The number of aliphatic imine (C=N–C) groups is 3. The lowest BCUT2D eigenvalue weighted by atomic mass is 9.96. The Kier molecular flexibility index (Phi) is 5.86. The number of fused-ring (bicyclic) bond motifs is 1. The molecule has 0 aromatic heterocycles. The fourth-order valence-electron chi connectivity index (χ4n) is 3.47. The molecule has 11 heteroatoms. The normalized spacial score (nSPS) is 35.1. The van der Waals surface area contributed by atoms with Crippen molar-refractivity contribution in [2.75, 3.05) is 19.8 Å². The first-order chi connectivity index (χ1) is 12.9. The van der Waals surface area contributed by atoms with E-state index in [2.05, 4.69) is 20.3 Å². The molecule has 5 atom stereocenters. The van der Waals surface area contributed by atoms with Gasteiger partial charge in [-0.25, -0.2) is 9.98 Å². The Labute approximate surface area is 157 Å². The van der Waals surface area contributed by atoms with E-state index in [1.54, 1.807) is 11.8 Å². The lowest BCUT2D eigenvalue weighted by Crippen LogP contribution is -2.55. The number of amidine groups is 1. The molecule has 0 aromatic rings. The van der Waals surface area contributed by atoms with Gasteiger partial charge in [-0.3, -0.25) is 9.79 Å².